The average molecular weight is 257 g/mol. The summed E-state index contributed by atoms with van der Waals surface area (Å²) < 4.78 is 1.21. The van der Waals surface area contributed by atoms with Gasteiger partial charge in [-0.25, -0.2) is 0 Å². The van der Waals surface area contributed by atoms with E-state index < -0.39 is 0 Å². The smallest absolute Gasteiger partial charge is 0.0670 e. The predicted octanol–water partition coefficient (Wildman–Crippen LogP) is 2.67. The van der Waals surface area contributed by atoms with E-state index in [1.54, 1.807) is 0 Å². The molecule has 1 aromatic carbocycles. The van der Waals surface area contributed by atoms with Crippen molar-refractivity contribution >= 4 is 22.6 Å². The van der Waals surface area contributed by atoms with Crippen LogP contribution in [0.3, 0.4) is 0 Å². The Morgan fingerprint density at radius 1 is 1.55 bits per heavy atom. The van der Waals surface area contributed by atoms with Crippen LogP contribution in [-0.4, -0.2) is 0 Å². The van der Waals surface area contributed by atoms with E-state index >= 15 is 0 Å². The highest BCUT2D eigenvalue weighted by Crippen LogP contribution is 2.16. The lowest BCUT2D eigenvalue weighted by molar-refractivity contribution is 1.22. The average Bonchev–Trinajstić information content (AvgIpc) is 1.99. The molecular formula is C9H8IN. The number of hydrogen-bond acceptors (Lipinski definition) is 1. The van der Waals surface area contributed by atoms with Crippen molar-refractivity contribution in [2.45, 2.75) is 13.3 Å². The summed E-state index contributed by atoms with van der Waals surface area (Å²) in [6, 6.07) is 8.19. The molecule has 0 aliphatic heterocycles. The lowest BCUT2D eigenvalue weighted by Gasteiger charge is -2.01. The van der Waals surface area contributed by atoms with Gasteiger partial charge in [-0.1, -0.05) is 18.2 Å². The first kappa shape index (κ1) is 8.54. The molecule has 0 spiro atoms. The Hall–Kier alpha value is -0.560. The van der Waals surface area contributed by atoms with Crippen LogP contribution in [-0.2, 0) is 6.42 Å². The number of nitrogens with zero attached hydrogens (tertiary/aromatic N) is 1. The van der Waals surface area contributed by atoms with Crippen molar-refractivity contribution in [1.82, 2.24) is 0 Å². The molecule has 0 bridgehead atoms. The van der Waals surface area contributed by atoms with Crippen molar-refractivity contribution in [3.05, 3.63) is 32.9 Å². The Balaban J connectivity index is 3.08. The van der Waals surface area contributed by atoms with E-state index in [0.717, 1.165) is 5.56 Å². The Morgan fingerprint density at radius 2 is 2.27 bits per heavy atom. The first-order valence-corrected chi connectivity index (χ1v) is 4.44. The molecule has 0 atom stereocenters. The molecule has 0 saturated carbocycles. The van der Waals surface area contributed by atoms with E-state index in [4.69, 9.17) is 5.26 Å². The minimum absolute atomic E-state index is 0.514. The lowest BCUT2D eigenvalue weighted by Crippen LogP contribution is -1.89. The van der Waals surface area contributed by atoms with Gasteiger partial charge in [0.1, 0.15) is 0 Å². The third-order valence-electron chi connectivity index (χ3n) is 1.54. The molecule has 0 fully saturated rings. The molecule has 0 aliphatic carbocycles. The molecule has 0 saturated heterocycles. The van der Waals surface area contributed by atoms with Crippen molar-refractivity contribution in [3.63, 3.8) is 0 Å². The van der Waals surface area contributed by atoms with Crippen molar-refractivity contribution in [2.24, 2.45) is 0 Å². The molecule has 2 heteroatoms. The van der Waals surface area contributed by atoms with Crippen molar-refractivity contribution in [2.75, 3.05) is 0 Å². The fourth-order valence-electron chi connectivity index (χ4n) is 0.930. The Morgan fingerprint density at radius 3 is 2.91 bits per heavy atom. The van der Waals surface area contributed by atoms with Gasteiger partial charge < -0.3 is 0 Å². The number of benzene rings is 1. The van der Waals surface area contributed by atoms with Crippen LogP contribution in [0.15, 0.2) is 18.2 Å². The van der Waals surface area contributed by atoms with E-state index in [9.17, 15) is 0 Å². The monoisotopic (exact) mass is 257 g/mol. The Labute approximate surface area is 80.2 Å². The maximum atomic E-state index is 8.48. The van der Waals surface area contributed by atoms with Crippen LogP contribution in [0.1, 0.15) is 11.1 Å². The highest BCUT2D eigenvalue weighted by Gasteiger charge is 1.99. The summed E-state index contributed by atoms with van der Waals surface area (Å²) in [5.74, 6) is 0. The van der Waals surface area contributed by atoms with E-state index in [-0.39, 0.29) is 0 Å². The number of halogens is 1. The van der Waals surface area contributed by atoms with Gasteiger partial charge in [0.05, 0.1) is 12.5 Å². The SMILES string of the molecule is Cc1cccc(CC#N)c1I. The summed E-state index contributed by atoms with van der Waals surface area (Å²) in [5, 5.41) is 8.48. The third-order valence-corrected chi connectivity index (χ3v) is 3.08. The number of nitriles is 1. The summed E-state index contributed by atoms with van der Waals surface area (Å²) >= 11 is 2.28. The second-order valence-corrected chi connectivity index (χ2v) is 3.46. The standard InChI is InChI=1S/C9H8IN/c1-7-3-2-4-8(5-6-11)9(7)10/h2-4H,5H2,1H3. The topological polar surface area (TPSA) is 23.8 Å². The van der Waals surface area contributed by atoms with Gasteiger partial charge in [0, 0.05) is 3.57 Å². The molecule has 0 aliphatic rings. The largest absolute Gasteiger partial charge is 0.198 e. The van der Waals surface area contributed by atoms with E-state index in [2.05, 4.69) is 41.7 Å². The molecular weight excluding hydrogens is 249 g/mol. The number of aryl methyl sites for hydroxylation is 1. The van der Waals surface area contributed by atoms with Gasteiger partial charge >= 0.3 is 0 Å². The maximum Gasteiger partial charge on any atom is 0.0670 e. The highest BCUT2D eigenvalue weighted by molar-refractivity contribution is 14.1. The van der Waals surface area contributed by atoms with Gasteiger partial charge in [-0.15, -0.1) is 0 Å². The molecule has 1 aromatic rings. The van der Waals surface area contributed by atoms with Crippen LogP contribution in [0.5, 0.6) is 0 Å². The lowest BCUT2D eigenvalue weighted by atomic mass is 10.1. The van der Waals surface area contributed by atoms with Crippen molar-refractivity contribution < 1.29 is 0 Å². The fourth-order valence-corrected chi connectivity index (χ4v) is 1.48. The van der Waals surface area contributed by atoms with Crippen LogP contribution < -0.4 is 0 Å². The molecule has 1 nitrogen and oxygen atoms in total. The maximum absolute atomic E-state index is 8.48. The molecule has 0 aromatic heterocycles. The highest BCUT2D eigenvalue weighted by atomic mass is 127. The molecule has 0 N–H and O–H groups in total. The van der Waals surface area contributed by atoms with Gasteiger partial charge in [-0.2, -0.15) is 5.26 Å². The van der Waals surface area contributed by atoms with Gasteiger partial charge in [0.2, 0.25) is 0 Å². The first-order valence-electron chi connectivity index (χ1n) is 3.36. The number of hydrogen-bond donors (Lipinski definition) is 0. The first-order chi connectivity index (χ1) is 5.25. The summed E-state index contributed by atoms with van der Waals surface area (Å²) in [6.45, 7) is 2.06. The normalized spacial score (nSPS) is 9.18. The summed E-state index contributed by atoms with van der Waals surface area (Å²) in [4.78, 5) is 0. The molecule has 0 heterocycles. The molecule has 11 heavy (non-hydrogen) atoms. The van der Waals surface area contributed by atoms with Gasteiger partial charge in [0.25, 0.3) is 0 Å². The molecule has 56 valence electrons. The fraction of sp³-hybridized carbons (Fsp3) is 0.222. The van der Waals surface area contributed by atoms with Crippen LogP contribution >= 0.6 is 22.6 Å². The van der Waals surface area contributed by atoms with Crippen LogP contribution in [0.25, 0.3) is 0 Å². The Bertz CT molecular complexity index is 299. The Kier molecular flexibility index (Phi) is 2.89. The minimum atomic E-state index is 0.514. The summed E-state index contributed by atoms with van der Waals surface area (Å²) in [5.41, 5.74) is 2.38. The van der Waals surface area contributed by atoms with E-state index in [0.29, 0.717) is 6.42 Å². The third kappa shape index (κ3) is 1.93. The zero-order valence-electron chi connectivity index (χ0n) is 6.26. The second-order valence-electron chi connectivity index (χ2n) is 2.38. The van der Waals surface area contributed by atoms with E-state index in [1.165, 1.54) is 9.13 Å². The second kappa shape index (κ2) is 3.72. The van der Waals surface area contributed by atoms with Crippen LogP contribution in [0.4, 0.5) is 0 Å². The summed E-state index contributed by atoms with van der Waals surface area (Å²) in [6.07, 6.45) is 0.514. The predicted molar refractivity (Wildman–Crippen MR) is 53.2 cm³/mol. The zero-order chi connectivity index (χ0) is 8.27. The molecule has 0 amide bonds. The molecule has 0 unspecified atom stereocenters. The molecule has 1 rings (SSSR count). The minimum Gasteiger partial charge on any atom is -0.198 e. The van der Waals surface area contributed by atoms with Crippen LogP contribution in [0.2, 0.25) is 0 Å². The quantitative estimate of drug-likeness (QED) is 0.709. The van der Waals surface area contributed by atoms with Gasteiger partial charge in [-0.05, 0) is 40.6 Å². The molecule has 0 radical (unpaired) electrons. The van der Waals surface area contributed by atoms with Gasteiger partial charge in [0.15, 0.2) is 0 Å². The number of rotatable bonds is 1. The van der Waals surface area contributed by atoms with Crippen molar-refractivity contribution in [3.8, 4) is 6.07 Å². The summed E-state index contributed by atoms with van der Waals surface area (Å²) in [7, 11) is 0. The van der Waals surface area contributed by atoms with Gasteiger partial charge in [-0.3, -0.25) is 0 Å². The van der Waals surface area contributed by atoms with Crippen molar-refractivity contribution in [1.29, 1.82) is 5.26 Å². The van der Waals surface area contributed by atoms with Crippen LogP contribution in [0, 0.1) is 21.8 Å². The van der Waals surface area contributed by atoms with E-state index in [1.807, 2.05) is 12.1 Å². The zero-order valence-corrected chi connectivity index (χ0v) is 8.42.